The lowest BCUT2D eigenvalue weighted by molar-refractivity contribution is -0.135. The van der Waals surface area contributed by atoms with Crippen LogP contribution >= 0.6 is 0 Å². The van der Waals surface area contributed by atoms with E-state index in [2.05, 4.69) is 40.1 Å². The van der Waals surface area contributed by atoms with Crippen LogP contribution in [0.15, 0.2) is 30.3 Å². The van der Waals surface area contributed by atoms with Gasteiger partial charge in [0.25, 0.3) is 0 Å². The van der Waals surface area contributed by atoms with E-state index in [0.717, 1.165) is 19.1 Å². The van der Waals surface area contributed by atoms with Crippen LogP contribution < -0.4 is 0 Å². The molecule has 26 heavy (non-hydrogen) atoms. The van der Waals surface area contributed by atoms with Gasteiger partial charge in [-0.05, 0) is 63.1 Å². The molecule has 0 N–H and O–H groups in total. The van der Waals surface area contributed by atoms with Gasteiger partial charge in [-0.25, -0.2) is 0 Å². The number of nitrogens with zero attached hydrogens (tertiary/aromatic N) is 3. The zero-order chi connectivity index (χ0) is 18.1. The van der Waals surface area contributed by atoms with E-state index in [0.29, 0.717) is 23.8 Å². The Labute approximate surface area is 158 Å². The molecule has 4 heteroatoms. The van der Waals surface area contributed by atoms with Gasteiger partial charge in [0.15, 0.2) is 0 Å². The lowest BCUT2D eigenvalue weighted by atomic mass is 9.68. The smallest absolute Gasteiger partial charge is 0.236 e. The minimum atomic E-state index is 0.291. The molecule has 1 amide bonds. The standard InChI is InChI=1S/C22H33N3O/c1-23(2)16-21(26)24-12-10-22(11-13-24)14-19(18-6-4-3-5-7-18)15-25(17-22)20-8-9-20/h3-7,19-20H,8-17H2,1-2H3. The summed E-state index contributed by atoms with van der Waals surface area (Å²) in [4.78, 5) is 19.3. The molecule has 3 fully saturated rings. The van der Waals surface area contributed by atoms with Crippen LogP contribution in [0.1, 0.15) is 43.6 Å². The Balaban J connectivity index is 1.46. The molecule has 2 heterocycles. The van der Waals surface area contributed by atoms with Gasteiger partial charge < -0.3 is 9.80 Å². The minimum Gasteiger partial charge on any atom is -0.342 e. The average molecular weight is 356 g/mol. The number of carbonyl (C=O) groups excluding carboxylic acids is 1. The lowest BCUT2D eigenvalue weighted by Gasteiger charge is -2.50. The molecule has 1 spiro atoms. The van der Waals surface area contributed by atoms with Crippen molar-refractivity contribution in [3.05, 3.63) is 35.9 Å². The second-order valence-corrected chi connectivity index (χ2v) is 9.09. The Kier molecular flexibility index (Phi) is 5.07. The van der Waals surface area contributed by atoms with E-state index in [-0.39, 0.29) is 0 Å². The summed E-state index contributed by atoms with van der Waals surface area (Å²) in [5.41, 5.74) is 1.90. The molecule has 1 aliphatic carbocycles. The van der Waals surface area contributed by atoms with Crippen LogP contribution in [0.25, 0.3) is 0 Å². The molecule has 0 aromatic heterocycles. The van der Waals surface area contributed by atoms with Gasteiger partial charge in [-0.2, -0.15) is 0 Å². The summed E-state index contributed by atoms with van der Waals surface area (Å²) in [7, 11) is 3.95. The Morgan fingerprint density at radius 2 is 1.85 bits per heavy atom. The van der Waals surface area contributed by atoms with Gasteiger partial charge in [-0.15, -0.1) is 0 Å². The maximum Gasteiger partial charge on any atom is 0.236 e. The van der Waals surface area contributed by atoms with Crippen LogP contribution in [-0.2, 0) is 4.79 Å². The Bertz CT molecular complexity index is 618. The number of carbonyl (C=O) groups is 1. The van der Waals surface area contributed by atoms with Crippen molar-refractivity contribution in [3.8, 4) is 0 Å². The second kappa shape index (κ2) is 7.32. The number of benzene rings is 1. The first-order valence-electron chi connectivity index (χ1n) is 10.3. The topological polar surface area (TPSA) is 26.8 Å². The first kappa shape index (κ1) is 18.0. The Morgan fingerprint density at radius 1 is 1.15 bits per heavy atom. The van der Waals surface area contributed by atoms with E-state index in [1.54, 1.807) is 0 Å². The van der Waals surface area contributed by atoms with Crippen molar-refractivity contribution in [2.75, 3.05) is 46.8 Å². The first-order chi connectivity index (χ1) is 12.5. The summed E-state index contributed by atoms with van der Waals surface area (Å²) >= 11 is 0. The maximum absolute atomic E-state index is 12.4. The van der Waals surface area contributed by atoms with Gasteiger partial charge in [-0.3, -0.25) is 9.69 Å². The third-order valence-electron chi connectivity index (χ3n) is 6.64. The third kappa shape index (κ3) is 3.96. The van der Waals surface area contributed by atoms with E-state index in [9.17, 15) is 4.79 Å². The average Bonchev–Trinajstić information content (AvgIpc) is 3.47. The number of likely N-dealkylation sites (N-methyl/N-ethyl adjacent to an activating group) is 1. The van der Waals surface area contributed by atoms with E-state index < -0.39 is 0 Å². The molecule has 2 aliphatic heterocycles. The zero-order valence-corrected chi connectivity index (χ0v) is 16.4. The second-order valence-electron chi connectivity index (χ2n) is 9.09. The number of likely N-dealkylation sites (tertiary alicyclic amines) is 2. The predicted molar refractivity (Wildman–Crippen MR) is 105 cm³/mol. The molecule has 1 aromatic rings. The van der Waals surface area contributed by atoms with Crippen LogP contribution in [0.3, 0.4) is 0 Å². The van der Waals surface area contributed by atoms with E-state index >= 15 is 0 Å². The quantitative estimate of drug-likeness (QED) is 0.831. The van der Waals surface area contributed by atoms with E-state index in [1.165, 1.54) is 50.8 Å². The number of piperidine rings is 2. The summed E-state index contributed by atoms with van der Waals surface area (Å²) in [6, 6.07) is 11.9. The monoisotopic (exact) mass is 355 g/mol. The summed E-state index contributed by atoms with van der Waals surface area (Å²) in [5.74, 6) is 0.939. The van der Waals surface area contributed by atoms with Crippen molar-refractivity contribution in [2.24, 2.45) is 5.41 Å². The van der Waals surface area contributed by atoms with E-state index in [4.69, 9.17) is 0 Å². The highest BCUT2D eigenvalue weighted by Crippen LogP contribution is 2.47. The highest BCUT2D eigenvalue weighted by molar-refractivity contribution is 5.78. The van der Waals surface area contributed by atoms with Gasteiger partial charge in [0, 0.05) is 32.2 Å². The molecule has 0 bridgehead atoms. The van der Waals surface area contributed by atoms with Crippen LogP contribution in [0, 0.1) is 5.41 Å². The van der Waals surface area contributed by atoms with Crippen molar-refractivity contribution >= 4 is 5.91 Å². The maximum atomic E-state index is 12.4. The number of hydrogen-bond acceptors (Lipinski definition) is 3. The van der Waals surface area contributed by atoms with Crippen LogP contribution in [0.4, 0.5) is 0 Å². The molecular weight excluding hydrogens is 322 g/mol. The van der Waals surface area contributed by atoms with Crippen molar-refractivity contribution in [1.29, 1.82) is 0 Å². The van der Waals surface area contributed by atoms with Crippen molar-refractivity contribution in [1.82, 2.24) is 14.7 Å². The Hall–Kier alpha value is -1.39. The van der Waals surface area contributed by atoms with Gasteiger partial charge in [0.2, 0.25) is 5.91 Å². The fourth-order valence-electron chi connectivity index (χ4n) is 5.06. The van der Waals surface area contributed by atoms with Crippen LogP contribution in [-0.4, -0.2) is 73.5 Å². The summed E-state index contributed by atoms with van der Waals surface area (Å²) < 4.78 is 0. The molecule has 1 unspecified atom stereocenters. The third-order valence-corrected chi connectivity index (χ3v) is 6.64. The fourth-order valence-corrected chi connectivity index (χ4v) is 5.06. The highest BCUT2D eigenvalue weighted by Gasteiger charge is 2.45. The lowest BCUT2D eigenvalue weighted by Crippen LogP contribution is -2.53. The van der Waals surface area contributed by atoms with Gasteiger partial charge >= 0.3 is 0 Å². The molecule has 4 rings (SSSR count). The molecule has 2 saturated heterocycles. The minimum absolute atomic E-state index is 0.291. The van der Waals surface area contributed by atoms with Crippen molar-refractivity contribution in [3.63, 3.8) is 0 Å². The molecule has 4 nitrogen and oxygen atoms in total. The van der Waals surface area contributed by atoms with E-state index in [1.807, 2.05) is 19.0 Å². The number of rotatable bonds is 4. The highest BCUT2D eigenvalue weighted by atomic mass is 16.2. The normalized spacial score (nSPS) is 26.4. The number of hydrogen-bond donors (Lipinski definition) is 0. The van der Waals surface area contributed by atoms with Gasteiger partial charge in [0.1, 0.15) is 0 Å². The van der Waals surface area contributed by atoms with Crippen LogP contribution in [0.5, 0.6) is 0 Å². The zero-order valence-electron chi connectivity index (χ0n) is 16.4. The Morgan fingerprint density at radius 3 is 2.46 bits per heavy atom. The van der Waals surface area contributed by atoms with Crippen molar-refractivity contribution < 1.29 is 4.79 Å². The molecule has 3 aliphatic rings. The van der Waals surface area contributed by atoms with Gasteiger partial charge in [-0.1, -0.05) is 30.3 Å². The molecule has 142 valence electrons. The van der Waals surface area contributed by atoms with Gasteiger partial charge in [0.05, 0.1) is 6.54 Å². The first-order valence-corrected chi connectivity index (χ1v) is 10.3. The SMILES string of the molecule is CN(C)CC(=O)N1CCC2(CC1)CC(c1ccccc1)CN(C1CC1)C2. The summed E-state index contributed by atoms with van der Waals surface area (Å²) in [5, 5.41) is 0. The molecule has 1 saturated carbocycles. The largest absolute Gasteiger partial charge is 0.342 e. The predicted octanol–water partition coefficient (Wildman–Crippen LogP) is 2.81. The molecule has 1 aromatic carbocycles. The fraction of sp³-hybridized carbons (Fsp3) is 0.682. The summed E-state index contributed by atoms with van der Waals surface area (Å²) in [6.07, 6.45) is 6.38. The molecular formula is C22H33N3O. The number of amides is 1. The van der Waals surface area contributed by atoms with Crippen LogP contribution in [0.2, 0.25) is 0 Å². The molecule has 0 radical (unpaired) electrons. The van der Waals surface area contributed by atoms with Crippen molar-refractivity contribution in [2.45, 2.75) is 44.1 Å². The summed E-state index contributed by atoms with van der Waals surface area (Å²) in [6.45, 7) is 4.88. The molecule has 1 atom stereocenters.